The molecule has 23 heavy (non-hydrogen) atoms. The third-order valence-electron chi connectivity index (χ3n) is 3.26. The maximum atomic E-state index is 10.8. The number of hydrogen-bond acceptors (Lipinski definition) is 6. The fraction of sp³-hybridized carbons (Fsp3) is 0. The van der Waals surface area contributed by atoms with Crippen molar-refractivity contribution in [3.63, 3.8) is 0 Å². The molecule has 0 saturated carbocycles. The van der Waals surface area contributed by atoms with Crippen molar-refractivity contribution in [1.82, 2.24) is 4.98 Å². The summed E-state index contributed by atoms with van der Waals surface area (Å²) >= 11 is 0. The third-order valence-corrected chi connectivity index (χ3v) is 3.26. The average Bonchev–Trinajstić information content (AvgIpc) is 2.56. The van der Waals surface area contributed by atoms with Crippen LogP contribution in [-0.4, -0.2) is 21.2 Å². The molecule has 1 aromatic heterocycles. The molecule has 0 unspecified atom stereocenters. The van der Waals surface area contributed by atoms with Crippen molar-refractivity contribution in [1.29, 1.82) is 0 Å². The van der Waals surface area contributed by atoms with Crippen LogP contribution in [0, 0.1) is 10.1 Å². The van der Waals surface area contributed by atoms with Crippen LogP contribution in [0.4, 0.5) is 11.4 Å². The predicted molar refractivity (Wildman–Crippen MR) is 87.7 cm³/mol. The van der Waals surface area contributed by atoms with Gasteiger partial charge in [-0.15, -0.1) is 0 Å². The zero-order valence-electron chi connectivity index (χ0n) is 11.9. The fourth-order valence-electron chi connectivity index (χ4n) is 2.17. The molecule has 0 aliphatic carbocycles. The Morgan fingerprint density at radius 2 is 1.96 bits per heavy atom. The van der Waals surface area contributed by atoms with Gasteiger partial charge in [0.05, 0.1) is 22.3 Å². The van der Waals surface area contributed by atoms with E-state index >= 15 is 0 Å². The first-order valence-corrected chi connectivity index (χ1v) is 6.76. The predicted octanol–water partition coefficient (Wildman–Crippen LogP) is 3.29. The van der Waals surface area contributed by atoms with E-state index in [0.29, 0.717) is 5.69 Å². The number of nitrogens with one attached hydrogen (secondary N) is 1. The van der Waals surface area contributed by atoms with Gasteiger partial charge in [-0.25, -0.2) is 0 Å². The van der Waals surface area contributed by atoms with Gasteiger partial charge in [0, 0.05) is 23.2 Å². The number of phenols is 1. The molecule has 0 atom stereocenters. The van der Waals surface area contributed by atoms with E-state index < -0.39 is 10.7 Å². The molecule has 0 fully saturated rings. The maximum absolute atomic E-state index is 10.8. The molecule has 0 amide bonds. The van der Waals surface area contributed by atoms with Crippen LogP contribution in [0.1, 0.15) is 5.56 Å². The first-order valence-electron chi connectivity index (χ1n) is 6.76. The maximum Gasteiger partial charge on any atom is 0.311 e. The summed E-state index contributed by atoms with van der Waals surface area (Å²) in [6.07, 6.45) is 3.01. The van der Waals surface area contributed by atoms with Gasteiger partial charge in [0.15, 0.2) is 0 Å². The summed E-state index contributed by atoms with van der Waals surface area (Å²) in [6, 6.07) is 13.7. The average molecular weight is 308 g/mol. The highest BCUT2D eigenvalue weighted by Crippen LogP contribution is 2.28. The number of phenolic OH excluding ortho intramolecular Hbond substituents is 1. The Bertz CT molecular complexity index is 903. The number of anilines is 1. The Morgan fingerprint density at radius 3 is 2.78 bits per heavy atom. The molecule has 0 saturated heterocycles. The van der Waals surface area contributed by atoms with E-state index in [1.165, 1.54) is 24.4 Å². The molecule has 3 rings (SSSR count). The molecule has 2 aromatic carbocycles. The van der Waals surface area contributed by atoms with Gasteiger partial charge in [-0.2, -0.15) is 5.10 Å². The van der Waals surface area contributed by atoms with Crippen molar-refractivity contribution >= 4 is 28.5 Å². The number of benzene rings is 2. The fourth-order valence-corrected chi connectivity index (χ4v) is 2.17. The van der Waals surface area contributed by atoms with Gasteiger partial charge in [-0.1, -0.05) is 24.3 Å². The van der Waals surface area contributed by atoms with E-state index in [0.717, 1.165) is 10.9 Å². The number of nitrogens with zero attached hydrogens (tertiary/aromatic N) is 3. The van der Waals surface area contributed by atoms with Gasteiger partial charge < -0.3 is 5.11 Å². The Kier molecular flexibility index (Phi) is 3.84. The zero-order chi connectivity index (χ0) is 16.2. The van der Waals surface area contributed by atoms with Crippen LogP contribution in [0.5, 0.6) is 5.75 Å². The minimum atomic E-state index is -0.644. The van der Waals surface area contributed by atoms with E-state index in [4.69, 9.17) is 0 Å². The quantitative estimate of drug-likeness (QED) is 0.437. The Labute approximate surface area is 131 Å². The monoisotopic (exact) mass is 308 g/mol. The Balaban J connectivity index is 1.87. The molecule has 2 N–H and O–H groups in total. The van der Waals surface area contributed by atoms with Crippen molar-refractivity contribution in [2.24, 2.45) is 5.10 Å². The van der Waals surface area contributed by atoms with E-state index in [1.807, 2.05) is 30.3 Å². The molecular weight excluding hydrogens is 296 g/mol. The summed E-state index contributed by atoms with van der Waals surface area (Å²) in [4.78, 5) is 14.4. The van der Waals surface area contributed by atoms with Gasteiger partial charge in [0.2, 0.25) is 5.75 Å². The highest BCUT2D eigenvalue weighted by molar-refractivity contribution is 5.91. The lowest BCUT2D eigenvalue weighted by molar-refractivity contribution is -0.385. The first kappa shape index (κ1) is 14.5. The smallest absolute Gasteiger partial charge is 0.311 e. The SMILES string of the molecule is O=[N+]([O-])c1cccc(/C=N\Nc2cccc3cccnc23)c1O. The molecule has 7 heteroatoms. The number of fused-ring (bicyclic) bond motifs is 1. The Morgan fingerprint density at radius 1 is 1.17 bits per heavy atom. The summed E-state index contributed by atoms with van der Waals surface area (Å²) < 4.78 is 0. The number of rotatable bonds is 4. The van der Waals surface area contributed by atoms with Gasteiger partial charge in [0.1, 0.15) is 0 Å². The van der Waals surface area contributed by atoms with Crippen LogP contribution >= 0.6 is 0 Å². The lowest BCUT2D eigenvalue weighted by Gasteiger charge is -2.04. The van der Waals surface area contributed by atoms with E-state index in [2.05, 4.69) is 15.5 Å². The third kappa shape index (κ3) is 2.93. The molecule has 1 heterocycles. The van der Waals surface area contributed by atoms with E-state index in [1.54, 1.807) is 6.20 Å². The molecule has 0 spiro atoms. The van der Waals surface area contributed by atoms with E-state index in [9.17, 15) is 15.2 Å². The first-order chi connectivity index (χ1) is 11.2. The number of para-hydroxylation sites is 2. The summed E-state index contributed by atoms with van der Waals surface area (Å²) in [5, 5.41) is 25.6. The van der Waals surface area contributed by atoms with Crippen LogP contribution in [0.15, 0.2) is 59.8 Å². The largest absolute Gasteiger partial charge is 0.502 e. The summed E-state index contributed by atoms with van der Waals surface area (Å²) in [7, 11) is 0. The van der Waals surface area contributed by atoms with Crippen LogP contribution in [0.3, 0.4) is 0 Å². The van der Waals surface area contributed by atoms with Crippen LogP contribution in [0.2, 0.25) is 0 Å². The number of pyridine rings is 1. The molecule has 0 aliphatic heterocycles. The molecular formula is C16H12N4O3. The number of hydrogen-bond donors (Lipinski definition) is 2. The van der Waals surface area contributed by atoms with Crippen molar-refractivity contribution in [3.8, 4) is 5.75 Å². The molecule has 0 radical (unpaired) electrons. The molecule has 0 bridgehead atoms. The van der Waals surface area contributed by atoms with E-state index in [-0.39, 0.29) is 11.3 Å². The topological polar surface area (TPSA) is 101 Å². The molecule has 0 aliphatic rings. The normalized spacial score (nSPS) is 11.0. The highest BCUT2D eigenvalue weighted by Gasteiger charge is 2.14. The van der Waals surface area contributed by atoms with Gasteiger partial charge in [-0.05, 0) is 18.2 Å². The number of aromatic nitrogens is 1. The second-order valence-corrected chi connectivity index (χ2v) is 4.72. The van der Waals surface area contributed by atoms with Gasteiger partial charge in [-0.3, -0.25) is 20.5 Å². The summed E-state index contributed by atoms with van der Waals surface area (Å²) in [5.41, 5.74) is 4.19. The number of aromatic hydroxyl groups is 1. The lowest BCUT2D eigenvalue weighted by Crippen LogP contribution is -1.95. The molecule has 7 nitrogen and oxygen atoms in total. The minimum Gasteiger partial charge on any atom is -0.502 e. The van der Waals surface area contributed by atoms with Crippen molar-refractivity contribution in [3.05, 3.63) is 70.4 Å². The van der Waals surface area contributed by atoms with Crippen molar-refractivity contribution in [2.75, 3.05) is 5.43 Å². The Hall–Kier alpha value is -3.48. The zero-order valence-corrected chi connectivity index (χ0v) is 11.9. The second-order valence-electron chi connectivity index (χ2n) is 4.72. The standard InChI is InChI=1S/C16H12N4O3/c21-16-12(5-2-8-14(16)20(22)23)10-18-19-13-7-1-4-11-6-3-9-17-15(11)13/h1-10,19,21H/b18-10-. The summed E-state index contributed by atoms with van der Waals surface area (Å²) in [6.45, 7) is 0. The lowest BCUT2D eigenvalue weighted by atomic mass is 10.2. The number of hydrazone groups is 1. The number of nitro benzene ring substituents is 1. The van der Waals surface area contributed by atoms with Crippen LogP contribution < -0.4 is 5.43 Å². The number of nitro groups is 1. The highest BCUT2D eigenvalue weighted by atomic mass is 16.6. The van der Waals surface area contributed by atoms with Crippen molar-refractivity contribution < 1.29 is 10.0 Å². The van der Waals surface area contributed by atoms with Gasteiger partial charge in [0.25, 0.3) is 0 Å². The minimum absolute atomic E-state index is 0.250. The van der Waals surface area contributed by atoms with Crippen LogP contribution in [0.25, 0.3) is 10.9 Å². The van der Waals surface area contributed by atoms with Crippen molar-refractivity contribution in [2.45, 2.75) is 0 Å². The molecule has 114 valence electrons. The van der Waals surface area contributed by atoms with Gasteiger partial charge >= 0.3 is 5.69 Å². The second kappa shape index (κ2) is 6.10. The van der Waals surface area contributed by atoms with Crippen LogP contribution in [-0.2, 0) is 0 Å². The molecule has 3 aromatic rings. The summed E-state index contributed by atoms with van der Waals surface area (Å²) in [5.74, 6) is -0.418.